The van der Waals surface area contributed by atoms with Crippen molar-refractivity contribution in [2.24, 2.45) is 11.1 Å². The van der Waals surface area contributed by atoms with Gasteiger partial charge in [-0.3, -0.25) is 4.79 Å². The Morgan fingerprint density at radius 2 is 1.86 bits per heavy atom. The van der Waals surface area contributed by atoms with Crippen LogP contribution in [0.1, 0.15) is 20.8 Å². The molecule has 0 bridgehead atoms. The van der Waals surface area contributed by atoms with Crippen LogP contribution in [0.3, 0.4) is 0 Å². The Labute approximate surface area is 120 Å². The molecule has 0 fully saturated rings. The van der Waals surface area contributed by atoms with E-state index in [0.717, 1.165) is 12.1 Å². The first-order valence-corrected chi connectivity index (χ1v) is 6.04. The van der Waals surface area contributed by atoms with Gasteiger partial charge in [-0.25, -0.2) is 13.6 Å². The molecule has 8 heteroatoms. The van der Waals surface area contributed by atoms with E-state index >= 15 is 0 Å². The molecule has 0 spiro atoms. The number of hydrogen-bond acceptors (Lipinski definition) is 4. The van der Waals surface area contributed by atoms with E-state index < -0.39 is 40.8 Å². The van der Waals surface area contributed by atoms with Crippen molar-refractivity contribution in [2.45, 2.75) is 26.9 Å². The number of nitrogen functional groups attached to an aromatic ring is 1. The SMILES string of the molecule is CC(C)(C)C(OC(N)=O)C(=O)Nc1ccc(F)c(F)c1N. The van der Waals surface area contributed by atoms with Gasteiger partial charge < -0.3 is 21.5 Å². The number of primary amides is 1. The highest BCUT2D eigenvalue weighted by Crippen LogP contribution is 2.27. The van der Waals surface area contributed by atoms with Gasteiger partial charge in [0.1, 0.15) is 0 Å². The van der Waals surface area contributed by atoms with Crippen LogP contribution in [0.4, 0.5) is 25.0 Å². The lowest BCUT2D eigenvalue weighted by molar-refractivity contribution is -0.129. The second kappa shape index (κ2) is 5.94. The van der Waals surface area contributed by atoms with E-state index in [-0.39, 0.29) is 5.69 Å². The molecule has 1 aromatic carbocycles. The predicted octanol–water partition coefficient (Wildman–Crippen LogP) is 2.00. The second-order valence-electron chi connectivity index (χ2n) is 5.49. The molecule has 6 nitrogen and oxygen atoms in total. The predicted molar refractivity (Wildman–Crippen MR) is 73.3 cm³/mol. The summed E-state index contributed by atoms with van der Waals surface area (Å²) in [7, 11) is 0. The van der Waals surface area contributed by atoms with Crippen LogP contribution in [0.5, 0.6) is 0 Å². The number of halogens is 2. The van der Waals surface area contributed by atoms with Gasteiger partial charge in [0, 0.05) is 5.41 Å². The summed E-state index contributed by atoms with van der Waals surface area (Å²) in [5.41, 5.74) is 8.87. The maximum Gasteiger partial charge on any atom is 0.405 e. The Balaban J connectivity index is 3.02. The number of amides is 2. The number of benzene rings is 1. The number of nitrogens with two attached hydrogens (primary N) is 2. The molecular weight excluding hydrogens is 284 g/mol. The normalized spacial score (nSPS) is 12.6. The van der Waals surface area contributed by atoms with Crippen LogP contribution in [0, 0.1) is 17.0 Å². The maximum absolute atomic E-state index is 13.3. The fraction of sp³-hybridized carbons (Fsp3) is 0.385. The summed E-state index contributed by atoms with van der Waals surface area (Å²) in [5, 5.41) is 2.29. The Morgan fingerprint density at radius 1 is 1.29 bits per heavy atom. The molecule has 0 saturated heterocycles. The molecule has 5 N–H and O–H groups in total. The highest BCUT2D eigenvalue weighted by atomic mass is 19.2. The standard InChI is InChI=1S/C13H17F2N3O3/c1-13(2,3)10(21-12(17)20)11(19)18-7-5-4-6(14)8(15)9(7)16/h4-5,10H,16H2,1-3H3,(H2,17,20)(H,18,19). The largest absolute Gasteiger partial charge is 0.436 e. The summed E-state index contributed by atoms with van der Waals surface area (Å²) >= 11 is 0. The summed E-state index contributed by atoms with van der Waals surface area (Å²) in [6.07, 6.45) is -2.34. The topological polar surface area (TPSA) is 107 Å². The van der Waals surface area contributed by atoms with Crippen molar-refractivity contribution in [1.29, 1.82) is 0 Å². The van der Waals surface area contributed by atoms with Crippen molar-refractivity contribution in [3.05, 3.63) is 23.8 Å². The quantitative estimate of drug-likeness (QED) is 0.742. The fourth-order valence-corrected chi connectivity index (χ4v) is 1.61. The van der Waals surface area contributed by atoms with Crippen LogP contribution in [-0.4, -0.2) is 18.1 Å². The minimum Gasteiger partial charge on any atom is -0.436 e. The molecule has 21 heavy (non-hydrogen) atoms. The molecule has 0 aliphatic heterocycles. The van der Waals surface area contributed by atoms with Crippen molar-refractivity contribution in [1.82, 2.24) is 0 Å². The number of nitrogens with one attached hydrogen (secondary N) is 1. The molecule has 116 valence electrons. The van der Waals surface area contributed by atoms with Gasteiger partial charge in [0.2, 0.25) is 0 Å². The number of anilines is 2. The second-order valence-corrected chi connectivity index (χ2v) is 5.49. The summed E-state index contributed by atoms with van der Waals surface area (Å²) < 4.78 is 31.1. The first kappa shape index (κ1) is 16.7. The van der Waals surface area contributed by atoms with Crippen LogP contribution in [0.25, 0.3) is 0 Å². The number of hydrogen-bond donors (Lipinski definition) is 3. The van der Waals surface area contributed by atoms with E-state index in [1.54, 1.807) is 20.8 Å². The van der Waals surface area contributed by atoms with Crippen molar-refractivity contribution >= 4 is 23.4 Å². The van der Waals surface area contributed by atoms with Gasteiger partial charge in [0.25, 0.3) is 5.91 Å². The summed E-state index contributed by atoms with van der Waals surface area (Å²) in [5.74, 6) is -3.15. The van der Waals surface area contributed by atoms with E-state index in [1.165, 1.54) is 0 Å². The lowest BCUT2D eigenvalue weighted by atomic mass is 9.88. The van der Waals surface area contributed by atoms with Gasteiger partial charge in [-0.2, -0.15) is 0 Å². The first-order chi connectivity index (χ1) is 9.54. The van der Waals surface area contributed by atoms with E-state index in [2.05, 4.69) is 5.32 Å². The van der Waals surface area contributed by atoms with Crippen LogP contribution >= 0.6 is 0 Å². The zero-order chi connectivity index (χ0) is 16.4. The molecule has 0 heterocycles. The highest BCUT2D eigenvalue weighted by molar-refractivity contribution is 5.98. The lowest BCUT2D eigenvalue weighted by Crippen LogP contribution is -2.43. The van der Waals surface area contributed by atoms with Crippen molar-refractivity contribution in [2.75, 3.05) is 11.1 Å². The fourth-order valence-electron chi connectivity index (χ4n) is 1.61. The van der Waals surface area contributed by atoms with Crippen molar-refractivity contribution in [3.8, 4) is 0 Å². The molecule has 1 atom stereocenters. The number of ether oxygens (including phenoxy) is 1. The summed E-state index contributed by atoms with van der Waals surface area (Å²) in [4.78, 5) is 23.0. The van der Waals surface area contributed by atoms with Crippen LogP contribution < -0.4 is 16.8 Å². The van der Waals surface area contributed by atoms with E-state index in [0.29, 0.717) is 0 Å². The lowest BCUT2D eigenvalue weighted by Gasteiger charge is -2.28. The van der Waals surface area contributed by atoms with E-state index in [1.807, 2.05) is 0 Å². The molecule has 1 unspecified atom stereocenters. The van der Waals surface area contributed by atoms with Gasteiger partial charge in [-0.15, -0.1) is 0 Å². The zero-order valence-corrected chi connectivity index (χ0v) is 11.9. The van der Waals surface area contributed by atoms with Crippen LogP contribution in [0.15, 0.2) is 12.1 Å². The third-order valence-corrected chi connectivity index (χ3v) is 2.65. The third-order valence-electron chi connectivity index (χ3n) is 2.65. The smallest absolute Gasteiger partial charge is 0.405 e. The molecule has 1 rings (SSSR count). The highest BCUT2D eigenvalue weighted by Gasteiger charge is 2.35. The van der Waals surface area contributed by atoms with Gasteiger partial charge in [0.05, 0.1) is 11.4 Å². The van der Waals surface area contributed by atoms with E-state index in [9.17, 15) is 18.4 Å². The van der Waals surface area contributed by atoms with Gasteiger partial charge in [-0.05, 0) is 12.1 Å². The zero-order valence-electron chi connectivity index (χ0n) is 11.9. The molecular formula is C13H17F2N3O3. The first-order valence-electron chi connectivity index (χ1n) is 6.04. The Morgan fingerprint density at radius 3 is 2.33 bits per heavy atom. The molecule has 1 aromatic rings. The monoisotopic (exact) mass is 301 g/mol. The number of rotatable bonds is 3. The summed E-state index contributed by atoms with van der Waals surface area (Å²) in [6, 6.07) is 1.93. The molecule has 0 aliphatic carbocycles. The average Bonchev–Trinajstić information content (AvgIpc) is 2.35. The molecule has 2 amide bonds. The Kier molecular flexibility index (Phi) is 4.72. The Hall–Kier alpha value is -2.38. The minimum absolute atomic E-state index is 0.124. The van der Waals surface area contributed by atoms with Crippen LogP contribution in [0.2, 0.25) is 0 Å². The van der Waals surface area contributed by atoms with Crippen molar-refractivity contribution in [3.63, 3.8) is 0 Å². The molecule has 0 radical (unpaired) electrons. The van der Waals surface area contributed by atoms with Gasteiger partial charge >= 0.3 is 6.09 Å². The molecule has 0 aromatic heterocycles. The minimum atomic E-state index is -1.27. The van der Waals surface area contributed by atoms with Gasteiger partial charge in [-0.1, -0.05) is 20.8 Å². The van der Waals surface area contributed by atoms with E-state index in [4.69, 9.17) is 16.2 Å². The average molecular weight is 301 g/mol. The Bertz CT molecular complexity index is 571. The third kappa shape index (κ3) is 4.04. The molecule has 0 saturated carbocycles. The molecule has 0 aliphatic rings. The number of carbonyl (C=O) groups excluding carboxylic acids is 2. The van der Waals surface area contributed by atoms with Crippen molar-refractivity contribution < 1.29 is 23.1 Å². The maximum atomic E-state index is 13.3. The van der Waals surface area contributed by atoms with Crippen LogP contribution in [-0.2, 0) is 9.53 Å². The van der Waals surface area contributed by atoms with Gasteiger partial charge in [0.15, 0.2) is 17.7 Å². The summed E-state index contributed by atoms with van der Waals surface area (Å²) in [6.45, 7) is 4.94. The number of carbonyl (C=O) groups is 2.